The summed E-state index contributed by atoms with van der Waals surface area (Å²) in [6.07, 6.45) is 0.920. The van der Waals surface area contributed by atoms with Gasteiger partial charge in [-0.3, -0.25) is 0 Å². The number of phenolic OH excluding ortho intramolecular Hbond substituents is 2. The van der Waals surface area contributed by atoms with Crippen molar-refractivity contribution in [2.24, 2.45) is 0 Å². The smallest absolute Gasteiger partial charge is 0.348 e. The van der Waals surface area contributed by atoms with Crippen molar-refractivity contribution in [1.82, 2.24) is 14.8 Å². The molecule has 2 heterocycles. The number of hydrogen-bond acceptors (Lipinski definition) is 5. The molecule has 1 aliphatic rings. The third-order valence-corrected chi connectivity index (χ3v) is 5.13. The molecule has 2 aromatic carbocycles. The van der Waals surface area contributed by atoms with E-state index < -0.39 is 0 Å². The lowest BCUT2D eigenvalue weighted by Gasteiger charge is -2.14. The fourth-order valence-corrected chi connectivity index (χ4v) is 3.64. The van der Waals surface area contributed by atoms with Gasteiger partial charge < -0.3 is 15.1 Å². The lowest BCUT2D eigenvalue weighted by Crippen LogP contribution is -2.16. The van der Waals surface area contributed by atoms with E-state index in [4.69, 9.17) is 0 Å². The Morgan fingerprint density at radius 2 is 1.93 bits per heavy atom. The number of H-pyrrole nitrogens is 1. The molecule has 4 rings (SSSR count). The van der Waals surface area contributed by atoms with Crippen LogP contribution in [0.25, 0.3) is 17.1 Å². The summed E-state index contributed by atoms with van der Waals surface area (Å²) in [6, 6.07) is 8.84. The first-order valence-electron chi connectivity index (χ1n) is 8.95. The summed E-state index contributed by atoms with van der Waals surface area (Å²) in [4.78, 5) is 14.7. The van der Waals surface area contributed by atoms with Gasteiger partial charge in [0.05, 0.1) is 11.3 Å². The largest absolute Gasteiger partial charge is 0.508 e. The number of aromatic amines is 1. The van der Waals surface area contributed by atoms with Crippen molar-refractivity contribution in [3.63, 3.8) is 0 Å². The molecule has 27 heavy (non-hydrogen) atoms. The number of phenols is 2. The zero-order valence-electron chi connectivity index (χ0n) is 15.5. The van der Waals surface area contributed by atoms with Crippen LogP contribution in [0.5, 0.6) is 11.5 Å². The SMILES string of the molecule is CC(C)c1cc(-c2n[nH]c(=O)n2-c2ccc3c(c2)CCN3C)c(O)cc1O. The van der Waals surface area contributed by atoms with Crippen molar-refractivity contribution in [2.75, 3.05) is 18.5 Å². The van der Waals surface area contributed by atoms with Gasteiger partial charge in [-0.15, -0.1) is 0 Å². The molecular weight excluding hydrogens is 344 g/mol. The zero-order chi connectivity index (χ0) is 19.3. The molecule has 1 aromatic heterocycles. The van der Waals surface area contributed by atoms with Gasteiger partial charge in [0.2, 0.25) is 0 Å². The molecule has 7 nitrogen and oxygen atoms in total. The van der Waals surface area contributed by atoms with Crippen LogP contribution < -0.4 is 10.6 Å². The number of hydrogen-bond donors (Lipinski definition) is 3. The topological polar surface area (TPSA) is 94.4 Å². The fourth-order valence-electron chi connectivity index (χ4n) is 3.64. The van der Waals surface area contributed by atoms with Crippen LogP contribution in [0.1, 0.15) is 30.9 Å². The molecule has 0 saturated heterocycles. The van der Waals surface area contributed by atoms with Crippen LogP contribution in [0, 0.1) is 0 Å². The van der Waals surface area contributed by atoms with Crippen molar-refractivity contribution in [3.8, 4) is 28.6 Å². The Hall–Kier alpha value is -3.22. The Morgan fingerprint density at radius 3 is 2.67 bits per heavy atom. The third kappa shape index (κ3) is 2.75. The fraction of sp³-hybridized carbons (Fsp3) is 0.300. The van der Waals surface area contributed by atoms with Crippen LogP contribution >= 0.6 is 0 Å². The van der Waals surface area contributed by atoms with E-state index in [1.165, 1.54) is 16.2 Å². The average Bonchev–Trinajstić information content (AvgIpc) is 3.17. The van der Waals surface area contributed by atoms with E-state index in [-0.39, 0.29) is 23.1 Å². The van der Waals surface area contributed by atoms with E-state index >= 15 is 0 Å². The van der Waals surface area contributed by atoms with Gasteiger partial charge in [0.1, 0.15) is 11.5 Å². The summed E-state index contributed by atoms with van der Waals surface area (Å²) >= 11 is 0. The van der Waals surface area contributed by atoms with Gasteiger partial charge in [-0.05, 0) is 47.7 Å². The van der Waals surface area contributed by atoms with Gasteiger partial charge in [0, 0.05) is 25.3 Å². The minimum Gasteiger partial charge on any atom is -0.508 e. The van der Waals surface area contributed by atoms with Crippen LogP contribution in [-0.4, -0.2) is 38.6 Å². The van der Waals surface area contributed by atoms with Crippen LogP contribution in [0.4, 0.5) is 5.69 Å². The third-order valence-electron chi connectivity index (χ3n) is 5.13. The Kier molecular flexibility index (Phi) is 3.95. The van der Waals surface area contributed by atoms with Crippen molar-refractivity contribution in [3.05, 3.63) is 51.9 Å². The molecule has 0 aliphatic carbocycles. The highest BCUT2D eigenvalue weighted by Gasteiger charge is 2.21. The highest BCUT2D eigenvalue weighted by molar-refractivity contribution is 5.70. The summed E-state index contributed by atoms with van der Waals surface area (Å²) in [7, 11) is 2.04. The molecule has 3 aromatic rings. The number of fused-ring (bicyclic) bond motifs is 1. The maximum absolute atomic E-state index is 12.5. The second kappa shape index (κ2) is 6.19. The van der Waals surface area contributed by atoms with Crippen molar-refractivity contribution in [1.29, 1.82) is 0 Å². The number of nitrogens with one attached hydrogen (secondary N) is 1. The molecule has 0 radical (unpaired) electrons. The Balaban J connectivity index is 1.89. The van der Waals surface area contributed by atoms with Crippen LogP contribution in [0.3, 0.4) is 0 Å². The predicted octanol–water partition coefficient (Wildman–Crippen LogP) is 2.75. The number of aromatic nitrogens is 3. The standard InChI is InChI=1S/C20H22N4O3/c1-11(2)14-9-15(18(26)10-17(14)25)19-21-22-20(27)24(19)13-4-5-16-12(8-13)6-7-23(16)3/h4-5,8-11,25-26H,6-7H2,1-3H3,(H,22,27). The molecule has 0 bridgehead atoms. The second-order valence-electron chi connectivity index (χ2n) is 7.26. The molecule has 3 N–H and O–H groups in total. The van der Waals surface area contributed by atoms with Gasteiger partial charge in [0.25, 0.3) is 0 Å². The molecule has 0 fully saturated rings. The molecule has 0 unspecified atom stereocenters. The Morgan fingerprint density at radius 1 is 1.15 bits per heavy atom. The first kappa shape index (κ1) is 17.2. The lowest BCUT2D eigenvalue weighted by atomic mass is 9.98. The summed E-state index contributed by atoms with van der Waals surface area (Å²) in [5.74, 6) is 0.263. The molecule has 0 atom stereocenters. The van der Waals surface area contributed by atoms with Crippen LogP contribution in [0.2, 0.25) is 0 Å². The van der Waals surface area contributed by atoms with E-state index in [9.17, 15) is 15.0 Å². The first-order chi connectivity index (χ1) is 12.9. The minimum atomic E-state index is -0.380. The number of rotatable bonds is 3. The number of likely N-dealkylation sites (N-methyl/N-ethyl adjacent to an activating group) is 1. The molecule has 0 saturated carbocycles. The van der Waals surface area contributed by atoms with E-state index in [1.807, 2.05) is 39.1 Å². The summed E-state index contributed by atoms with van der Waals surface area (Å²) in [5, 5.41) is 27.1. The summed E-state index contributed by atoms with van der Waals surface area (Å²) in [6.45, 7) is 4.84. The normalized spacial score (nSPS) is 13.4. The maximum Gasteiger partial charge on any atom is 0.348 e. The van der Waals surface area contributed by atoms with Crippen molar-refractivity contribution in [2.45, 2.75) is 26.2 Å². The predicted molar refractivity (Wildman–Crippen MR) is 104 cm³/mol. The monoisotopic (exact) mass is 366 g/mol. The van der Waals surface area contributed by atoms with Crippen molar-refractivity contribution >= 4 is 5.69 Å². The first-order valence-corrected chi connectivity index (χ1v) is 8.95. The van der Waals surface area contributed by atoms with Gasteiger partial charge in [-0.25, -0.2) is 14.5 Å². The van der Waals surface area contributed by atoms with E-state index in [0.717, 1.165) is 18.7 Å². The molecule has 1 aliphatic heterocycles. The van der Waals surface area contributed by atoms with Crippen molar-refractivity contribution < 1.29 is 10.2 Å². The Bertz CT molecular complexity index is 1080. The van der Waals surface area contributed by atoms with Gasteiger partial charge in [0.15, 0.2) is 5.82 Å². The lowest BCUT2D eigenvalue weighted by molar-refractivity contribution is 0.444. The van der Waals surface area contributed by atoms with E-state index in [2.05, 4.69) is 15.1 Å². The van der Waals surface area contributed by atoms with Gasteiger partial charge in [-0.2, -0.15) is 5.10 Å². The molecule has 7 heteroatoms. The maximum atomic E-state index is 12.5. The van der Waals surface area contributed by atoms with Gasteiger partial charge >= 0.3 is 5.69 Å². The minimum absolute atomic E-state index is 0.0243. The number of aromatic hydroxyl groups is 2. The van der Waals surface area contributed by atoms with E-state index in [1.54, 1.807) is 6.07 Å². The highest BCUT2D eigenvalue weighted by atomic mass is 16.3. The molecular formula is C20H22N4O3. The number of benzene rings is 2. The van der Waals surface area contributed by atoms with Crippen LogP contribution in [-0.2, 0) is 6.42 Å². The quantitative estimate of drug-likeness (QED) is 0.663. The van der Waals surface area contributed by atoms with Gasteiger partial charge in [-0.1, -0.05) is 13.8 Å². The number of anilines is 1. The summed E-state index contributed by atoms with van der Waals surface area (Å²) in [5.41, 5.74) is 3.72. The molecule has 0 amide bonds. The highest BCUT2D eigenvalue weighted by Crippen LogP contribution is 2.37. The second-order valence-corrected chi connectivity index (χ2v) is 7.26. The molecule has 140 valence electrons. The Labute approximate surface area is 156 Å². The number of nitrogens with zero attached hydrogens (tertiary/aromatic N) is 3. The van der Waals surface area contributed by atoms with Crippen LogP contribution in [0.15, 0.2) is 35.1 Å². The zero-order valence-corrected chi connectivity index (χ0v) is 15.5. The van der Waals surface area contributed by atoms with E-state index in [0.29, 0.717) is 22.6 Å². The molecule has 0 spiro atoms. The average molecular weight is 366 g/mol. The summed E-state index contributed by atoms with van der Waals surface area (Å²) < 4.78 is 1.45.